The van der Waals surface area contributed by atoms with Crippen LogP contribution in [-0.4, -0.2) is 36.0 Å². The number of nitrogens with zero attached hydrogens (tertiary/aromatic N) is 1. The minimum Gasteiger partial charge on any atom is -0.352 e. The third-order valence-electron chi connectivity index (χ3n) is 5.32. The molecule has 1 atom stereocenters. The molecule has 136 valence electrons. The van der Waals surface area contributed by atoms with Crippen LogP contribution >= 0.6 is 0 Å². The molecule has 0 radical (unpaired) electrons. The molecule has 2 fully saturated rings. The van der Waals surface area contributed by atoms with E-state index in [-0.39, 0.29) is 18.0 Å². The smallest absolute Gasteiger partial charge is 0.318 e. The Labute approximate surface area is 150 Å². The molecule has 1 aromatic rings. The second-order valence-electron chi connectivity index (χ2n) is 7.49. The molecule has 2 N–H and O–H groups in total. The molecule has 1 heterocycles. The molecular formula is C20H29N3O2. The quantitative estimate of drug-likeness (QED) is 0.884. The average molecular weight is 343 g/mol. The van der Waals surface area contributed by atoms with Crippen molar-refractivity contribution in [2.24, 2.45) is 0 Å². The van der Waals surface area contributed by atoms with Crippen LogP contribution in [-0.2, 0) is 4.79 Å². The van der Waals surface area contributed by atoms with Gasteiger partial charge in [-0.2, -0.15) is 0 Å². The summed E-state index contributed by atoms with van der Waals surface area (Å²) in [5.74, 6) is 0.349. The summed E-state index contributed by atoms with van der Waals surface area (Å²) in [4.78, 5) is 27.0. The van der Waals surface area contributed by atoms with Gasteiger partial charge in [-0.3, -0.25) is 4.79 Å². The van der Waals surface area contributed by atoms with Crippen LogP contribution < -0.4 is 10.6 Å². The maximum atomic E-state index is 12.8. The Balaban J connectivity index is 1.76. The zero-order valence-electron chi connectivity index (χ0n) is 15.3. The van der Waals surface area contributed by atoms with E-state index in [4.69, 9.17) is 0 Å². The van der Waals surface area contributed by atoms with Crippen LogP contribution in [0.1, 0.15) is 69.0 Å². The number of rotatable bonds is 3. The summed E-state index contributed by atoms with van der Waals surface area (Å²) in [6, 6.07) is 7.66. The Hall–Kier alpha value is -2.04. The molecule has 2 aliphatic rings. The highest BCUT2D eigenvalue weighted by molar-refractivity contribution is 5.89. The molecule has 1 saturated heterocycles. The highest BCUT2D eigenvalue weighted by atomic mass is 16.2. The zero-order chi connectivity index (χ0) is 17.8. The average Bonchev–Trinajstić information content (AvgIpc) is 2.62. The van der Waals surface area contributed by atoms with E-state index in [2.05, 4.69) is 36.6 Å². The van der Waals surface area contributed by atoms with Gasteiger partial charge in [0, 0.05) is 19.1 Å². The van der Waals surface area contributed by atoms with Crippen LogP contribution in [0.25, 0.3) is 0 Å². The van der Waals surface area contributed by atoms with Crippen molar-refractivity contribution in [3.05, 3.63) is 35.4 Å². The number of carbonyl (C=O) groups excluding carboxylic acids is 2. The van der Waals surface area contributed by atoms with Crippen molar-refractivity contribution in [3.63, 3.8) is 0 Å². The van der Waals surface area contributed by atoms with E-state index in [1.54, 1.807) is 4.90 Å². The lowest BCUT2D eigenvalue weighted by Gasteiger charge is -2.36. The van der Waals surface area contributed by atoms with Gasteiger partial charge in [0.15, 0.2) is 0 Å². The van der Waals surface area contributed by atoms with E-state index in [0.717, 1.165) is 18.4 Å². The van der Waals surface area contributed by atoms with E-state index in [1.807, 2.05) is 12.1 Å². The number of urea groups is 1. The molecule has 0 spiro atoms. The first kappa shape index (κ1) is 17.8. The normalized spacial score (nSPS) is 22.0. The van der Waals surface area contributed by atoms with E-state index >= 15 is 0 Å². The summed E-state index contributed by atoms with van der Waals surface area (Å²) in [7, 11) is 0. The lowest BCUT2D eigenvalue weighted by Crippen LogP contribution is -2.56. The van der Waals surface area contributed by atoms with E-state index < -0.39 is 6.04 Å². The molecule has 1 aliphatic heterocycles. The Morgan fingerprint density at radius 3 is 2.48 bits per heavy atom. The zero-order valence-corrected chi connectivity index (χ0v) is 15.3. The van der Waals surface area contributed by atoms with Gasteiger partial charge in [-0.25, -0.2) is 4.79 Å². The maximum absolute atomic E-state index is 12.8. The van der Waals surface area contributed by atoms with Crippen LogP contribution in [0, 0.1) is 0 Å². The minimum absolute atomic E-state index is 0.0951. The fourth-order valence-electron chi connectivity index (χ4n) is 3.78. The number of piperazine rings is 1. The Morgan fingerprint density at radius 2 is 1.84 bits per heavy atom. The van der Waals surface area contributed by atoms with Gasteiger partial charge in [0.25, 0.3) is 0 Å². The molecule has 0 bridgehead atoms. The van der Waals surface area contributed by atoms with Crippen LogP contribution in [0.5, 0.6) is 0 Å². The lowest BCUT2D eigenvalue weighted by atomic mass is 9.95. The number of carbonyl (C=O) groups is 2. The van der Waals surface area contributed by atoms with E-state index in [9.17, 15) is 9.59 Å². The molecule has 5 heteroatoms. The summed E-state index contributed by atoms with van der Waals surface area (Å²) in [5, 5.41) is 6.04. The SMILES string of the molecule is CC(C)c1ccc(C2C(=O)NCCN2C(=O)NC2CCCCC2)cc1. The molecule has 3 amide bonds. The number of amides is 3. The second kappa shape index (κ2) is 7.89. The fraction of sp³-hybridized carbons (Fsp3) is 0.600. The monoisotopic (exact) mass is 343 g/mol. The van der Waals surface area contributed by atoms with Crippen molar-refractivity contribution in [1.29, 1.82) is 0 Å². The van der Waals surface area contributed by atoms with Crippen LogP contribution in [0.2, 0.25) is 0 Å². The van der Waals surface area contributed by atoms with Gasteiger partial charge in [-0.05, 0) is 29.9 Å². The molecular weight excluding hydrogens is 314 g/mol. The van der Waals surface area contributed by atoms with Gasteiger partial charge in [0.1, 0.15) is 6.04 Å². The van der Waals surface area contributed by atoms with Gasteiger partial charge in [-0.1, -0.05) is 57.4 Å². The van der Waals surface area contributed by atoms with Gasteiger partial charge in [-0.15, -0.1) is 0 Å². The van der Waals surface area contributed by atoms with Crippen molar-refractivity contribution < 1.29 is 9.59 Å². The molecule has 3 rings (SSSR count). The lowest BCUT2D eigenvalue weighted by molar-refractivity contribution is -0.127. The first-order chi connectivity index (χ1) is 12.1. The fourth-order valence-corrected chi connectivity index (χ4v) is 3.78. The third kappa shape index (κ3) is 4.14. The predicted molar refractivity (Wildman–Crippen MR) is 98.4 cm³/mol. The standard InChI is InChI=1S/C20H29N3O2/c1-14(2)15-8-10-16(11-9-15)18-19(24)21-12-13-23(18)20(25)22-17-6-4-3-5-7-17/h8-11,14,17-18H,3-7,12-13H2,1-2H3,(H,21,24)(H,22,25). The topological polar surface area (TPSA) is 61.4 Å². The van der Waals surface area contributed by atoms with Crippen LogP contribution in [0.15, 0.2) is 24.3 Å². The van der Waals surface area contributed by atoms with Gasteiger partial charge < -0.3 is 15.5 Å². The first-order valence-corrected chi connectivity index (χ1v) is 9.51. The second-order valence-corrected chi connectivity index (χ2v) is 7.49. The summed E-state index contributed by atoms with van der Waals surface area (Å²) in [5.41, 5.74) is 2.11. The summed E-state index contributed by atoms with van der Waals surface area (Å²) in [6.07, 6.45) is 5.68. The third-order valence-corrected chi connectivity index (χ3v) is 5.32. The summed E-state index contributed by atoms with van der Waals surface area (Å²) >= 11 is 0. The first-order valence-electron chi connectivity index (χ1n) is 9.51. The van der Waals surface area contributed by atoms with Gasteiger partial charge in [0.2, 0.25) is 5.91 Å². The molecule has 5 nitrogen and oxygen atoms in total. The molecule has 25 heavy (non-hydrogen) atoms. The van der Waals surface area contributed by atoms with Crippen molar-refractivity contribution in [2.45, 2.75) is 64.0 Å². The highest BCUT2D eigenvalue weighted by Crippen LogP contribution is 2.26. The predicted octanol–water partition coefficient (Wildman–Crippen LogP) is 3.33. The molecule has 0 aromatic heterocycles. The molecule has 1 saturated carbocycles. The van der Waals surface area contributed by atoms with E-state index in [0.29, 0.717) is 19.0 Å². The summed E-state index contributed by atoms with van der Waals surface area (Å²) < 4.78 is 0. The van der Waals surface area contributed by atoms with Crippen molar-refractivity contribution in [2.75, 3.05) is 13.1 Å². The molecule has 1 aliphatic carbocycles. The summed E-state index contributed by atoms with van der Waals surface area (Å²) in [6.45, 7) is 5.34. The number of hydrogen-bond acceptors (Lipinski definition) is 2. The van der Waals surface area contributed by atoms with Crippen molar-refractivity contribution in [3.8, 4) is 0 Å². The van der Waals surface area contributed by atoms with Crippen molar-refractivity contribution in [1.82, 2.24) is 15.5 Å². The number of hydrogen-bond donors (Lipinski definition) is 2. The Kier molecular flexibility index (Phi) is 5.61. The van der Waals surface area contributed by atoms with Crippen LogP contribution in [0.4, 0.5) is 4.79 Å². The van der Waals surface area contributed by atoms with Gasteiger partial charge in [0.05, 0.1) is 0 Å². The number of nitrogens with one attached hydrogen (secondary N) is 2. The Morgan fingerprint density at radius 1 is 1.16 bits per heavy atom. The molecule has 1 unspecified atom stereocenters. The number of benzene rings is 1. The maximum Gasteiger partial charge on any atom is 0.318 e. The van der Waals surface area contributed by atoms with E-state index in [1.165, 1.54) is 24.8 Å². The van der Waals surface area contributed by atoms with Crippen LogP contribution in [0.3, 0.4) is 0 Å². The minimum atomic E-state index is -0.543. The highest BCUT2D eigenvalue weighted by Gasteiger charge is 2.35. The Bertz CT molecular complexity index is 606. The molecule has 1 aromatic carbocycles. The van der Waals surface area contributed by atoms with Gasteiger partial charge >= 0.3 is 6.03 Å². The largest absolute Gasteiger partial charge is 0.352 e. The van der Waals surface area contributed by atoms with Crippen molar-refractivity contribution >= 4 is 11.9 Å².